The zero-order chi connectivity index (χ0) is 17.0. The second-order valence-corrected chi connectivity index (χ2v) is 5.42. The smallest absolute Gasteiger partial charge is 0.335 e. The van der Waals surface area contributed by atoms with Gasteiger partial charge in [0.1, 0.15) is 5.75 Å². The molecule has 2 N–H and O–H groups in total. The maximum absolute atomic E-state index is 12.0. The first-order chi connectivity index (χ1) is 10.9. The fourth-order valence-corrected chi connectivity index (χ4v) is 2.08. The number of aryl methyl sites for hydroxylation is 3. The van der Waals surface area contributed by atoms with Gasteiger partial charge >= 0.3 is 5.97 Å². The topological polar surface area (TPSA) is 75.6 Å². The Kier molecular flexibility index (Phi) is 5.01. The molecule has 5 heteroatoms. The largest absolute Gasteiger partial charge is 0.484 e. The van der Waals surface area contributed by atoms with Crippen LogP contribution in [0.4, 0.5) is 5.69 Å². The first-order valence-electron chi connectivity index (χ1n) is 7.20. The van der Waals surface area contributed by atoms with Crippen molar-refractivity contribution in [1.82, 2.24) is 0 Å². The first-order valence-corrected chi connectivity index (χ1v) is 7.20. The van der Waals surface area contributed by atoms with E-state index in [9.17, 15) is 9.59 Å². The van der Waals surface area contributed by atoms with Crippen LogP contribution in [0.3, 0.4) is 0 Å². The Morgan fingerprint density at radius 1 is 1.00 bits per heavy atom. The van der Waals surface area contributed by atoms with Crippen molar-refractivity contribution in [3.8, 4) is 5.75 Å². The summed E-state index contributed by atoms with van der Waals surface area (Å²) in [5.74, 6) is -0.653. The van der Waals surface area contributed by atoms with Gasteiger partial charge in [0.05, 0.1) is 5.56 Å². The van der Waals surface area contributed by atoms with Gasteiger partial charge in [-0.3, -0.25) is 4.79 Å². The number of amides is 1. The maximum Gasteiger partial charge on any atom is 0.335 e. The Morgan fingerprint density at radius 3 is 2.35 bits per heavy atom. The van der Waals surface area contributed by atoms with E-state index in [0.29, 0.717) is 17.0 Å². The van der Waals surface area contributed by atoms with Crippen LogP contribution in [0.25, 0.3) is 0 Å². The molecule has 0 atom stereocenters. The van der Waals surface area contributed by atoms with Gasteiger partial charge in [-0.2, -0.15) is 0 Å². The molecule has 1 amide bonds. The number of anilines is 1. The number of hydrogen-bond donors (Lipinski definition) is 2. The van der Waals surface area contributed by atoms with Gasteiger partial charge in [0.2, 0.25) is 0 Å². The van der Waals surface area contributed by atoms with Crippen LogP contribution in [0.5, 0.6) is 5.75 Å². The van der Waals surface area contributed by atoms with Crippen molar-refractivity contribution in [3.05, 3.63) is 58.7 Å². The van der Waals surface area contributed by atoms with Gasteiger partial charge in [-0.1, -0.05) is 6.07 Å². The molecular formula is C18H19NO4. The number of aromatic carboxylic acids is 1. The minimum Gasteiger partial charge on any atom is -0.484 e. The van der Waals surface area contributed by atoms with Crippen LogP contribution in [0, 0.1) is 20.8 Å². The first kappa shape index (κ1) is 16.5. The predicted molar refractivity (Wildman–Crippen MR) is 88.2 cm³/mol. The molecule has 0 aliphatic rings. The number of carboxylic acids is 1. The summed E-state index contributed by atoms with van der Waals surface area (Å²) in [6, 6.07) is 10.2. The molecule has 0 fully saturated rings. The Labute approximate surface area is 134 Å². The second kappa shape index (κ2) is 6.96. The molecule has 0 aliphatic carbocycles. The molecule has 0 aliphatic heterocycles. The van der Waals surface area contributed by atoms with Crippen LogP contribution in [-0.4, -0.2) is 23.6 Å². The summed E-state index contributed by atoms with van der Waals surface area (Å²) in [6.45, 7) is 5.62. The van der Waals surface area contributed by atoms with Crippen molar-refractivity contribution in [2.24, 2.45) is 0 Å². The van der Waals surface area contributed by atoms with Crippen LogP contribution < -0.4 is 10.1 Å². The SMILES string of the molecule is Cc1ccc(OCC(=O)Nc2ccc(C(=O)O)cc2C)cc1C. The zero-order valence-corrected chi connectivity index (χ0v) is 13.3. The number of carbonyl (C=O) groups is 2. The average molecular weight is 313 g/mol. The molecule has 0 spiro atoms. The van der Waals surface area contributed by atoms with Crippen LogP contribution in [0.1, 0.15) is 27.0 Å². The fraction of sp³-hybridized carbons (Fsp3) is 0.222. The van der Waals surface area contributed by atoms with Gasteiger partial charge in [0.15, 0.2) is 6.61 Å². The van der Waals surface area contributed by atoms with E-state index in [1.165, 1.54) is 12.1 Å². The normalized spacial score (nSPS) is 10.2. The van der Waals surface area contributed by atoms with Gasteiger partial charge in [-0.05, 0) is 67.8 Å². The number of benzene rings is 2. The Morgan fingerprint density at radius 2 is 1.74 bits per heavy atom. The molecular weight excluding hydrogens is 294 g/mol. The minimum absolute atomic E-state index is 0.109. The molecule has 2 aromatic rings. The highest BCUT2D eigenvalue weighted by Gasteiger charge is 2.09. The molecule has 0 bridgehead atoms. The Hall–Kier alpha value is -2.82. The number of carbonyl (C=O) groups excluding carboxylic acids is 1. The van der Waals surface area contributed by atoms with Crippen LogP contribution in [0.2, 0.25) is 0 Å². The molecule has 0 heterocycles. The van der Waals surface area contributed by atoms with Crippen molar-refractivity contribution in [1.29, 1.82) is 0 Å². The molecule has 120 valence electrons. The van der Waals surface area contributed by atoms with E-state index < -0.39 is 5.97 Å². The zero-order valence-electron chi connectivity index (χ0n) is 13.3. The van der Waals surface area contributed by atoms with E-state index in [1.807, 2.05) is 32.0 Å². The van der Waals surface area contributed by atoms with Crippen molar-refractivity contribution in [2.45, 2.75) is 20.8 Å². The molecule has 2 rings (SSSR count). The summed E-state index contributed by atoms with van der Waals surface area (Å²) in [7, 11) is 0. The van der Waals surface area contributed by atoms with Crippen molar-refractivity contribution >= 4 is 17.6 Å². The predicted octanol–water partition coefficient (Wildman–Crippen LogP) is 3.33. The van der Waals surface area contributed by atoms with E-state index in [2.05, 4.69) is 5.32 Å². The lowest BCUT2D eigenvalue weighted by Gasteiger charge is -2.11. The molecule has 0 saturated heterocycles. The standard InChI is InChI=1S/C18H19NO4/c1-11-4-6-15(9-12(11)2)23-10-17(20)19-16-7-5-14(18(21)22)8-13(16)3/h4-9H,10H2,1-3H3,(H,19,20)(H,21,22). The van der Waals surface area contributed by atoms with E-state index in [0.717, 1.165) is 11.1 Å². The molecule has 0 radical (unpaired) electrons. The van der Waals surface area contributed by atoms with Gasteiger partial charge in [-0.15, -0.1) is 0 Å². The Balaban J connectivity index is 1.97. The second-order valence-electron chi connectivity index (χ2n) is 5.42. The van der Waals surface area contributed by atoms with Crippen LogP contribution >= 0.6 is 0 Å². The monoisotopic (exact) mass is 313 g/mol. The summed E-state index contributed by atoms with van der Waals surface area (Å²) in [6.07, 6.45) is 0. The molecule has 23 heavy (non-hydrogen) atoms. The van der Waals surface area contributed by atoms with Gasteiger partial charge in [-0.25, -0.2) is 4.79 Å². The third-order valence-corrected chi connectivity index (χ3v) is 3.60. The highest BCUT2D eigenvalue weighted by Crippen LogP contribution is 2.18. The van der Waals surface area contributed by atoms with Crippen molar-refractivity contribution in [2.75, 3.05) is 11.9 Å². The number of ether oxygens (including phenoxy) is 1. The summed E-state index contributed by atoms with van der Waals surface area (Å²) >= 11 is 0. The highest BCUT2D eigenvalue weighted by molar-refractivity contribution is 5.94. The van der Waals surface area contributed by atoms with Gasteiger partial charge in [0, 0.05) is 5.69 Å². The van der Waals surface area contributed by atoms with Crippen molar-refractivity contribution in [3.63, 3.8) is 0 Å². The van der Waals surface area contributed by atoms with Crippen LogP contribution in [-0.2, 0) is 4.79 Å². The average Bonchev–Trinajstić information content (AvgIpc) is 2.50. The summed E-state index contributed by atoms with van der Waals surface area (Å²) in [5, 5.41) is 11.6. The highest BCUT2D eigenvalue weighted by atomic mass is 16.5. The number of nitrogens with one attached hydrogen (secondary N) is 1. The lowest BCUT2D eigenvalue weighted by molar-refractivity contribution is -0.118. The minimum atomic E-state index is -0.996. The third-order valence-electron chi connectivity index (χ3n) is 3.60. The van der Waals surface area contributed by atoms with E-state index in [-0.39, 0.29) is 18.1 Å². The molecule has 0 aromatic heterocycles. The molecule has 2 aromatic carbocycles. The third kappa shape index (κ3) is 4.32. The molecule has 0 saturated carbocycles. The number of carboxylic acid groups (broad SMARTS) is 1. The number of hydrogen-bond acceptors (Lipinski definition) is 3. The van der Waals surface area contributed by atoms with Gasteiger partial charge in [0.25, 0.3) is 5.91 Å². The summed E-state index contributed by atoms with van der Waals surface area (Å²) < 4.78 is 5.47. The van der Waals surface area contributed by atoms with E-state index in [1.54, 1.807) is 13.0 Å². The molecule has 0 unspecified atom stereocenters. The quantitative estimate of drug-likeness (QED) is 0.888. The van der Waals surface area contributed by atoms with Gasteiger partial charge < -0.3 is 15.2 Å². The summed E-state index contributed by atoms with van der Waals surface area (Å²) in [4.78, 5) is 22.8. The number of rotatable bonds is 5. The van der Waals surface area contributed by atoms with E-state index in [4.69, 9.17) is 9.84 Å². The van der Waals surface area contributed by atoms with Crippen molar-refractivity contribution < 1.29 is 19.4 Å². The fourth-order valence-electron chi connectivity index (χ4n) is 2.08. The lowest BCUT2D eigenvalue weighted by Crippen LogP contribution is -2.20. The Bertz CT molecular complexity index is 753. The lowest BCUT2D eigenvalue weighted by atomic mass is 10.1. The molecule has 5 nitrogen and oxygen atoms in total. The maximum atomic E-state index is 12.0. The van der Waals surface area contributed by atoms with E-state index >= 15 is 0 Å². The summed E-state index contributed by atoms with van der Waals surface area (Å²) in [5.41, 5.74) is 3.71. The van der Waals surface area contributed by atoms with Crippen LogP contribution in [0.15, 0.2) is 36.4 Å².